The molecule has 34 heavy (non-hydrogen) atoms. The molecule has 0 atom stereocenters. The lowest BCUT2D eigenvalue weighted by molar-refractivity contribution is -0.117. The Morgan fingerprint density at radius 1 is 1.18 bits per heavy atom. The molecular weight excluding hydrogens is 452 g/mol. The van der Waals surface area contributed by atoms with Crippen LogP contribution in [0.3, 0.4) is 0 Å². The third kappa shape index (κ3) is 4.85. The Balaban J connectivity index is 1.66. The highest BCUT2D eigenvalue weighted by Crippen LogP contribution is 2.30. The molecule has 176 valence electrons. The Morgan fingerprint density at radius 2 is 2.00 bits per heavy atom. The molecule has 0 unspecified atom stereocenters. The summed E-state index contributed by atoms with van der Waals surface area (Å²) in [7, 11) is 1.56. The number of hydrogen-bond acceptors (Lipinski definition) is 7. The van der Waals surface area contributed by atoms with E-state index in [-0.39, 0.29) is 31.5 Å². The van der Waals surface area contributed by atoms with Gasteiger partial charge in [-0.25, -0.2) is 4.98 Å². The molecule has 3 heterocycles. The molecule has 1 aromatic carbocycles. The van der Waals surface area contributed by atoms with Gasteiger partial charge < -0.3 is 19.5 Å². The number of pyridine rings is 1. The summed E-state index contributed by atoms with van der Waals surface area (Å²) in [6, 6.07) is 11.3. The normalized spacial score (nSPS) is 11.1. The quantitative estimate of drug-likeness (QED) is 0.397. The lowest BCUT2D eigenvalue weighted by Crippen LogP contribution is -2.40. The van der Waals surface area contributed by atoms with Crippen molar-refractivity contribution in [1.82, 2.24) is 15.0 Å². The highest BCUT2D eigenvalue weighted by Gasteiger charge is 2.25. The van der Waals surface area contributed by atoms with Crippen LogP contribution in [-0.2, 0) is 9.53 Å². The maximum absolute atomic E-state index is 13.7. The second-order valence-electron chi connectivity index (χ2n) is 8.00. The molecule has 4 aromatic rings. The Morgan fingerprint density at radius 3 is 2.74 bits per heavy atom. The fourth-order valence-electron chi connectivity index (χ4n) is 3.69. The number of carbonyl (C=O) groups excluding carboxylic acids is 2. The van der Waals surface area contributed by atoms with Crippen LogP contribution in [0.4, 0.5) is 5.69 Å². The maximum Gasteiger partial charge on any atom is 0.259 e. The molecule has 0 radical (unpaired) electrons. The van der Waals surface area contributed by atoms with Gasteiger partial charge in [0.15, 0.2) is 0 Å². The topological polar surface area (TPSA) is 97.6 Å². The molecule has 0 aliphatic carbocycles. The molecule has 1 N–H and O–H groups in total. The monoisotopic (exact) mass is 478 g/mol. The average molecular weight is 479 g/mol. The van der Waals surface area contributed by atoms with E-state index in [0.29, 0.717) is 28.1 Å². The van der Waals surface area contributed by atoms with Crippen molar-refractivity contribution in [3.05, 3.63) is 64.2 Å². The molecule has 2 amide bonds. The number of hydrogen-bond donors (Lipinski definition) is 1. The third-order valence-corrected chi connectivity index (χ3v) is 6.58. The Bertz CT molecular complexity index is 1330. The van der Waals surface area contributed by atoms with Crippen molar-refractivity contribution in [2.75, 3.05) is 32.1 Å². The first-order chi connectivity index (χ1) is 16.4. The summed E-state index contributed by atoms with van der Waals surface area (Å²) < 4.78 is 10.6. The maximum atomic E-state index is 13.7. The summed E-state index contributed by atoms with van der Waals surface area (Å²) in [4.78, 5) is 33.6. The van der Waals surface area contributed by atoms with Gasteiger partial charge in [-0.2, -0.15) is 0 Å². The molecule has 9 heteroatoms. The molecule has 0 aliphatic heterocycles. The standard InChI is InChI=1S/C25H26N4O4S/c1-15-7-5-8-19(16(15)2)26-22(30)14-29(10-11-32-4)25(31)18-13-20(21-9-6-12-34-21)27-24-23(18)17(3)28-33-24/h5-9,12-13H,10-11,14H2,1-4H3,(H,26,30). The number of nitrogens with zero attached hydrogens (tertiary/aromatic N) is 3. The zero-order chi connectivity index (χ0) is 24.2. The molecule has 0 spiro atoms. The van der Waals surface area contributed by atoms with Gasteiger partial charge in [-0.05, 0) is 55.5 Å². The van der Waals surface area contributed by atoms with Gasteiger partial charge in [0, 0.05) is 19.3 Å². The molecular formula is C25H26N4O4S. The number of aromatic nitrogens is 2. The van der Waals surface area contributed by atoms with Crippen LogP contribution in [0, 0.1) is 20.8 Å². The van der Waals surface area contributed by atoms with E-state index in [0.717, 1.165) is 21.7 Å². The van der Waals surface area contributed by atoms with Crippen LogP contribution >= 0.6 is 11.3 Å². The summed E-state index contributed by atoms with van der Waals surface area (Å²) in [6.45, 7) is 6.11. The van der Waals surface area contributed by atoms with Gasteiger partial charge in [0.25, 0.3) is 11.6 Å². The fraction of sp³-hybridized carbons (Fsp3) is 0.280. The van der Waals surface area contributed by atoms with Gasteiger partial charge in [-0.3, -0.25) is 9.59 Å². The van der Waals surface area contributed by atoms with Crippen LogP contribution in [0.5, 0.6) is 0 Å². The summed E-state index contributed by atoms with van der Waals surface area (Å²) in [6.07, 6.45) is 0. The molecule has 0 saturated carbocycles. The predicted octanol–water partition coefficient (Wildman–Crippen LogP) is 4.60. The number of thiophene rings is 1. The number of rotatable bonds is 8. The van der Waals surface area contributed by atoms with Crippen molar-refractivity contribution in [3.8, 4) is 10.6 Å². The highest BCUT2D eigenvalue weighted by molar-refractivity contribution is 7.13. The van der Waals surface area contributed by atoms with Crippen molar-refractivity contribution in [1.29, 1.82) is 0 Å². The van der Waals surface area contributed by atoms with Gasteiger partial charge in [-0.1, -0.05) is 23.4 Å². The van der Waals surface area contributed by atoms with E-state index in [9.17, 15) is 9.59 Å². The molecule has 0 saturated heterocycles. The predicted molar refractivity (Wildman–Crippen MR) is 132 cm³/mol. The number of nitrogens with one attached hydrogen (secondary N) is 1. The van der Waals surface area contributed by atoms with Crippen LogP contribution in [0.15, 0.2) is 46.3 Å². The second kappa shape index (κ2) is 10.1. The van der Waals surface area contributed by atoms with Crippen LogP contribution in [0.25, 0.3) is 21.7 Å². The number of anilines is 1. The molecule has 0 aliphatic rings. The minimum Gasteiger partial charge on any atom is -0.383 e. The van der Waals surface area contributed by atoms with E-state index in [1.54, 1.807) is 20.1 Å². The van der Waals surface area contributed by atoms with Gasteiger partial charge >= 0.3 is 0 Å². The summed E-state index contributed by atoms with van der Waals surface area (Å²) in [5, 5.41) is 9.42. The van der Waals surface area contributed by atoms with Crippen molar-refractivity contribution < 1.29 is 18.8 Å². The number of benzene rings is 1. The Hall–Kier alpha value is -3.56. The molecule has 3 aromatic heterocycles. The van der Waals surface area contributed by atoms with Gasteiger partial charge in [0.2, 0.25) is 5.91 Å². The first-order valence-corrected chi connectivity index (χ1v) is 11.7. The zero-order valence-electron chi connectivity index (χ0n) is 19.5. The van der Waals surface area contributed by atoms with E-state index in [2.05, 4.69) is 15.5 Å². The van der Waals surface area contributed by atoms with Crippen molar-refractivity contribution in [2.45, 2.75) is 20.8 Å². The lowest BCUT2D eigenvalue weighted by atomic mass is 10.1. The average Bonchev–Trinajstić information content (AvgIpc) is 3.49. The molecule has 0 fully saturated rings. The Labute approximate surface area is 201 Å². The first-order valence-electron chi connectivity index (χ1n) is 10.8. The fourth-order valence-corrected chi connectivity index (χ4v) is 4.37. The van der Waals surface area contributed by atoms with E-state index in [4.69, 9.17) is 9.26 Å². The smallest absolute Gasteiger partial charge is 0.259 e. The van der Waals surface area contributed by atoms with Crippen molar-refractivity contribution in [2.24, 2.45) is 0 Å². The first kappa shape index (κ1) is 23.6. The minimum atomic E-state index is -0.315. The van der Waals surface area contributed by atoms with E-state index >= 15 is 0 Å². The van der Waals surface area contributed by atoms with Gasteiger partial charge in [-0.15, -0.1) is 11.3 Å². The van der Waals surface area contributed by atoms with E-state index in [1.165, 1.54) is 16.2 Å². The van der Waals surface area contributed by atoms with Gasteiger partial charge in [0.1, 0.15) is 6.54 Å². The van der Waals surface area contributed by atoms with E-state index in [1.807, 2.05) is 49.6 Å². The lowest BCUT2D eigenvalue weighted by Gasteiger charge is -2.23. The molecule has 0 bridgehead atoms. The molecule has 8 nitrogen and oxygen atoms in total. The van der Waals surface area contributed by atoms with Crippen LogP contribution in [0.1, 0.15) is 27.2 Å². The number of methoxy groups -OCH3 is 1. The summed E-state index contributed by atoms with van der Waals surface area (Å²) >= 11 is 1.51. The number of carbonyl (C=O) groups is 2. The number of ether oxygens (including phenoxy) is 1. The highest BCUT2D eigenvalue weighted by atomic mass is 32.1. The number of aryl methyl sites for hydroxylation is 2. The second-order valence-corrected chi connectivity index (χ2v) is 8.94. The third-order valence-electron chi connectivity index (χ3n) is 5.69. The van der Waals surface area contributed by atoms with Crippen LogP contribution < -0.4 is 5.32 Å². The SMILES string of the molecule is COCCN(CC(=O)Nc1cccc(C)c1C)C(=O)c1cc(-c2cccs2)nc2onc(C)c12. The summed E-state index contributed by atoms with van der Waals surface area (Å²) in [5.41, 5.74) is 4.66. The van der Waals surface area contributed by atoms with E-state index < -0.39 is 0 Å². The number of fused-ring (bicyclic) bond motifs is 1. The summed E-state index contributed by atoms with van der Waals surface area (Å²) in [5.74, 6) is -0.603. The number of amides is 2. The zero-order valence-corrected chi connectivity index (χ0v) is 20.4. The van der Waals surface area contributed by atoms with Crippen molar-refractivity contribution in [3.63, 3.8) is 0 Å². The molecule has 4 rings (SSSR count). The largest absolute Gasteiger partial charge is 0.383 e. The Kier molecular flexibility index (Phi) is 7.04. The van der Waals surface area contributed by atoms with Gasteiger partial charge in [0.05, 0.1) is 33.8 Å². The minimum absolute atomic E-state index is 0.127. The van der Waals surface area contributed by atoms with Crippen molar-refractivity contribution >= 4 is 39.9 Å². The van der Waals surface area contributed by atoms with Crippen LogP contribution in [-0.4, -0.2) is 53.7 Å². The van der Waals surface area contributed by atoms with Crippen LogP contribution in [0.2, 0.25) is 0 Å².